The van der Waals surface area contributed by atoms with Crippen molar-refractivity contribution in [1.29, 1.82) is 0 Å². The summed E-state index contributed by atoms with van der Waals surface area (Å²) in [4.78, 5) is 21.6. The number of amides is 1. The zero-order valence-corrected chi connectivity index (χ0v) is 17.5. The first kappa shape index (κ1) is 21.3. The van der Waals surface area contributed by atoms with Crippen LogP contribution in [0.25, 0.3) is 5.95 Å². The normalized spacial score (nSPS) is 19.4. The number of halogens is 1. The molecule has 2 N–H and O–H groups in total. The number of nitrogens with one attached hydrogen (secondary N) is 2. The van der Waals surface area contributed by atoms with Crippen molar-refractivity contribution in [2.45, 2.75) is 53.5 Å². The van der Waals surface area contributed by atoms with E-state index < -0.39 is 0 Å². The summed E-state index contributed by atoms with van der Waals surface area (Å²) in [6.45, 7) is 11.9. The van der Waals surface area contributed by atoms with Gasteiger partial charge in [0.2, 0.25) is 5.91 Å². The number of carbonyl (C=O) groups excluding carboxylic acids is 1. The molecule has 3 heterocycles. The molecular weight excluding hydrogens is 364 g/mol. The summed E-state index contributed by atoms with van der Waals surface area (Å²) in [7, 11) is 0. The van der Waals surface area contributed by atoms with E-state index >= 15 is 0 Å². The minimum Gasteiger partial charge on any atom is -0.353 e. The van der Waals surface area contributed by atoms with Crippen LogP contribution < -0.4 is 10.6 Å². The number of rotatable bonds is 4. The fraction of sp³-hybridized carbons (Fsp3) is 0.579. The fourth-order valence-electron chi connectivity index (χ4n) is 3.57. The zero-order valence-electron chi connectivity index (χ0n) is 16.7. The van der Waals surface area contributed by atoms with Crippen LogP contribution >= 0.6 is 12.4 Å². The monoisotopic (exact) mass is 392 g/mol. The van der Waals surface area contributed by atoms with Gasteiger partial charge in [0.15, 0.2) is 0 Å². The molecule has 0 radical (unpaired) electrons. The van der Waals surface area contributed by atoms with Crippen molar-refractivity contribution in [2.24, 2.45) is 5.92 Å². The Balaban J connectivity index is 0.00000261. The molecule has 2 aromatic heterocycles. The molecule has 0 aromatic carbocycles. The van der Waals surface area contributed by atoms with E-state index in [1.807, 2.05) is 33.8 Å². The third-order valence-corrected chi connectivity index (χ3v) is 5.07. The highest BCUT2D eigenvalue weighted by Crippen LogP contribution is 2.18. The van der Waals surface area contributed by atoms with Crippen LogP contribution in [0.4, 0.5) is 0 Å². The van der Waals surface area contributed by atoms with Gasteiger partial charge < -0.3 is 10.6 Å². The van der Waals surface area contributed by atoms with Gasteiger partial charge in [0.05, 0.1) is 12.1 Å². The standard InChI is InChI=1S/C19H28N6O.ClH/c1-11-10-20-7-6-17(11)23-18(26)9-16-14(4)24-25(15(16)5)19-21-12(2)8-13(3)22-19;/h8,11,17,20H,6-7,9-10H2,1-5H3,(H,23,26);1H. The minimum atomic E-state index is 0. The van der Waals surface area contributed by atoms with Gasteiger partial charge in [-0.2, -0.15) is 5.10 Å². The lowest BCUT2D eigenvalue weighted by molar-refractivity contribution is -0.121. The van der Waals surface area contributed by atoms with Gasteiger partial charge in [-0.15, -0.1) is 12.4 Å². The van der Waals surface area contributed by atoms with Crippen molar-refractivity contribution in [3.63, 3.8) is 0 Å². The van der Waals surface area contributed by atoms with Crippen molar-refractivity contribution in [3.8, 4) is 5.95 Å². The summed E-state index contributed by atoms with van der Waals surface area (Å²) in [5.74, 6) is 1.05. The van der Waals surface area contributed by atoms with Crippen molar-refractivity contribution in [2.75, 3.05) is 13.1 Å². The van der Waals surface area contributed by atoms with Gasteiger partial charge in [-0.1, -0.05) is 6.92 Å². The number of carbonyl (C=O) groups is 1. The fourth-order valence-corrected chi connectivity index (χ4v) is 3.57. The Bertz CT molecular complexity index is 799. The lowest BCUT2D eigenvalue weighted by atomic mass is 9.95. The maximum absolute atomic E-state index is 12.6. The first-order valence-corrected chi connectivity index (χ1v) is 9.23. The molecule has 1 saturated heterocycles. The van der Waals surface area contributed by atoms with Crippen LogP contribution in [0.5, 0.6) is 0 Å². The van der Waals surface area contributed by atoms with Gasteiger partial charge in [-0.3, -0.25) is 4.79 Å². The summed E-state index contributed by atoms with van der Waals surface area (Å²) in [6.07, 6.45) is 1.31. The molecule has 0 spiro atoms. The average Bonchev–Trinajstić information content (AvgIpc) is 2.84. The first-order valence-electron chi connectivity index (χ1n) is 9.23. The summed E-state index contributed by atoms with van der Waals surface area (Å²) in [5, 5.41) is 11.1. The largest absolute Gasteiger partial charge is 0.353 e. The minimum absolute atomic E-state index is 0. The van der Waals surface area contributed by atoms with Crippen LogP contribution in [-0.2, 0) is 11.2 Å². The molecule has 2 atom stereocenters. The molecule has 0 bridgehead atoms. The van der Waals surface area contributed by atoms with E-state index in [1.54, 1.807) is 4.68 Å². The van der Waals surface area contributed by atoms with E-state index in [2.05, 4.69) is 32.6 Å². The predicted molar refractivity (Wildman–Crippen MR) is 108 cm³/mol. The second-order valence-corrected chi connectivity index (χ2v) is 7.33. The maximum atomic E-state index is 12.6. The smallest absolute Gasteiger partial charge is 0.251 e. The molecule has 1 fully saturated rings. The Kier molecular flexibility index (Phi) is 6.95. The SMILES string of the molecule is Cc1cc(C)nc(-n2nc(C)c(CC(=O)NC3CCNCC3C)c2C)n1.Cl. The first-order chi connectivity index (χ1) is 12.3. The van der Waals surface area contributed by atoms with Gasteiger partial charge in [-0.05, 0) is 59.2 Å². The number of nitrogens with zero attached hydrogens (tertiary/aromatic N) is 4. The molecule has 7 nitrogen and oxygen atoms in total. The Morgan fingerprint density at radius 2 is 1.93 bits per heavy atom. The van der Waals surface area contributed by atoms with Crippen LogP contribution in [0.15, 0.2) is 6.07 Å². The molecule has 3 rings (SSSR count). The predicted octanol–water partition coefficient (Wildman–Crippen LogP) is 1.97. The van der Waals surface area contributed by atoms with Gasteiger partial charge in [0, 0.05) is 28.7 Å². The Labute approximate surface area is 166 Å². The molecule has 1 aliphatic heterocycles. The molecule has 0 aliphatic carbocycles. The summed E-state index contributed by atoms with van der Waals surface area (Å²) in [6, 6.07) is 2.17. The van der Waals surface area contributed by atoms with Crippen molar-refractivity contribution in [3.05, 3.63) is 34.4 Å². The number of aromatic nitrogens is 4. The second-order valence-electron chi connectivity index (χ2n) is 7.33. The lowest BCUT2D eigenvalue weighted by Gasteiger charge is -2.30. The summed E-state index contributed by atoms with van der Waals surface area (Å²) >= 11 is 0. The van der Waals surface area contributed by atoms with Crippen LogP contribution in [-0.4, -0.2) is 44.8 Å². The van der Waals surface area contributed by atoms with E-state index in [1.165, 1.54) is 0 Å². The maximum Gasteiger partial charge on any atom is 0.251 e. The molecular formula is C19H29ClN6O. The van der Waals surface area contributed by atoms with Crippen molar-refractivity contribution in [1.82, 2.24) is 30.4 Å². The second kappa shape index (κ2) is 8.80. The lowest BCUT2D eigenvalue weighted by Crippen LogP contribution is -2.48. The van der Waals surface area contributed by atoms with Crippen LogP contribution in [0, 0.1) is 33.6 Å². The molecule has 148 valence electrons. The van der Waals surface area contributed by atoms with E-state index in [4.69, 9.17) is 0 Å². The molecule has 2 unspecified atom stereocenters. The van der Waals surface area contributed by atoms with Gasteiger partial charge in [-0.25, -0.2) is 14.6 Å². The number of piperidine rings is 1. The molecule has 0 saturated carbocycles. The average molecular weight is 393 g/mol. The quantitative estimate of drug-likeness (QED) is 0.831. The topological polar surface area (TPSA) is 84.7 Å². The molecule has 8 heteroatoms. The summed E-state index contributed by atoms with van der Waals surface area (Å²) in [5.41, 5.74) is 4.52. The highest BCUT2D eigenvalue weighted by Gasteiger charge is 2.24. The molecule has 1 amide bonds. The molecule has 1 aliphatic rings. The highest BCUT2D eigenvalue weighted by atomic mass is 35.5. The third-order valence-electron chi connectivity index (χ3n) is 5.07. The van der Waals surface area contributed by atoms with E-state index in [9.17, 15) is 4.79 Å². The number of hydrogen-bond donors (Lipinski definition) is 2. The number of hydrogen-bond acceptors (Lipinski definition) is 5. The number of aryl methyl sites for hydroxylation is 3. The Morgan fingerprint density at radius 1 is 1.26 bits per heavy atom. The molecule has 27 heavy (non-hydrogen) atoms. The van der Waals surface area contributed by atoms with Crippen LogP contribution in [0.3, 0.4) is 0 Å². The van der Waals surface area contributed by atoms with Gasteiger partial charge in [0.25, 0.3) is 5.95 Å². The van der Waals surface area contributed by atoms with Crippen molar-refractivity contribution >= 4 is 18.3 Å². The molecule has 2 aromatic rings. The van der Waals surface area contributed by atoms with Gasteiger partial charge in [0.1, 0.15) is 0 Å². The van der Waals surface area contributed by atoms with E-state index in [0.717, 1.165) is 47.8 Å². The van der Waals surface area contributed by atoms with Crippen molar-refractivity contribution < 1.29 is 4.79 Å². The Morgan fingerprint density at radius 3 is 2.56 bits per heavy atom. The van der Waals surface area contributed by atoms with Crippen LogP contribution in [0.2, 0.25) is 0 Å². The van der Waals surface area contributed by atoms with E-state index in [-0.39, 0.29) is 24.4 Å². The Hall–Kier alpha value is -1.99. The highest BCUT2D eigenvalue weighted by molar-refractivity contribution is 5.85. The van der Waals surface area contributed by atoms with Gasteiger partial charge >= 0.3 is 0 Å². The zero-order chi connectivity index (χ0) is 18.8. The third kappa shape index (κ3) is 4.84. The van der Waals surface area contributed by atoms with E-state index in [0.29, 0.717) is 18.3 Å². The van der Waals surface area contributed by atoms with Crippen LogP contribution in [0.1, 0.15) is 41.7 Å². The summed E-state index contributed by atoms with van der Waals surface area (Å²) < 4.78 is 1.74.